The summed E-state index contributed by atoms with van der Waals surface area (Å²) in [4.78, 5) is 21.4. The first-order valence-electron chi connectivity index (χ1n) is 9.02. The summed E-state index contributed by atoms with van der Waals surface area (Å²) in [5, 5.41) is 10.5. The number of aromatic carboxylic acids is 1. The molecule has 3 aromatic rings. The Morgan fingerprint density at radius 1 is 1.39 bits per heavy atom. The second-order valence-electron chi connectivity index (χ2n) is 7.11. The Morgan fingerprint density at radius 3 is 2.93 bits per heavy atom. The Kier molecular flexibility index (Phi) is 3.96. The third-order valence-electron chi connectivity index (χ3n) is 5.52. The van der Waals surface area contributed by atoms with Gasteiger partial charge in [-0.3, -0.25) is 0 Å². The molecule has 0 unspecified atom stereocenters. The first-order chi connectivity index (χ1) is 13.5. The number of pyridine rings is 1. The molecule has 2 saturated heterocycles. The molecule has 0 spiro atoms. The predicted octanol–water partition coefficient (Wildman–Crippen LogP) is 3.57. The number of carbonyl (C=O) groups is 1. The molecule has 2 atom stereocenters. The van der Waals surface area contributed by atoms with Gasteiger partial charge in [0.25, 0.3) is 0 Å². The monoisotopic (exact) mass is 399 g/mol. The Bertz CT molecular complexity index is 1100. The molecule has 0 radical (unpaired) electrons. The van der Waals surface area contributed by atoms with Crippen molar-refractivity contribution in [3.05, 3.63) is 41.0 Å². The summed E-state index contributed by atoms with van der Waals surface area (Å²) in [6.07, 6.45) is 2.77. The third kappa shape index (κ3) is 2.62. The van der Waals surface area contributed by atoms with Gasteiger partial charge in [0.2, 0.25) is 5.88 Å². The van der Waals surface area contributed by atoms with Crippen LogP contribution in [0.4, 0.5) is 5.82 Å². The van der Waals surface area contributed by atoms with Crippen molar-refractivity contribution < 1.29 is 19.4 Å². The number of aromatic nitrogens is 2. The Hall–Kier alpha value is -2.77. The molecule has 28 heavy (non-hydrogen) atoms. The highest BCUT2D eigenvalue weighted by molar-refractivity contribution is 6.34. The first kappa shape index (κ1) is 17.3. The van der Waals surface area contributed by atoms with E-state index in [-0.39, 0.29) is 11.7 Å². The average molecular weight is 400 g/mol. The molecule has 7 nitrogen and oxygen atoms in total. The maximum atomic E-state index is 11.5. The lowest BCUT2D eigenvalue weighted by molar-refractivity contribution is 0.0699. The normalized spacial score (nSPS) is 20.9. The molecule has 2 aromatic heterocycles. The maximum Gasteiger partial charge on any atom is 0.337 e. The summed E-state index contributed by atoms with van der Waals surface area (Å²) in [7, 11) is 1.57. The van der Waals surface area contributed by atoms with Gasteiger partial charge in [0.15, 0.2) is 0 Å². The summed E-state index contributed by atoms with van der Waals surface area (Å²) < 4.78 is 11.2. The highest BCUT2D eigenvalue weighted by Gasteiger charge is 2.39. The van der Waals surface area contributed by atoms with Crippen molar-refractivity contribution in [3.8, 4) is 17.0 Å². The number of morpholine rings is 1. The van der Waals surface area contributed by atoms with Crippen LogP contribution in [0.15, 0.2) is 30.5 Å². The molecule has 2 bridgehead atoms. The van der Waals surface area contributed by atoms with Crippen molar-refractivity contribution in [3.63, 3.8) is 0 Å². The number of ether oxygens (including phenoxy) is 2. The van der Waals surface area contributed by atoms with Gasteiger partial charge in [-0.25, -0.2) is 4.79 Å². The number of halogens is 1. The predicted molar refractivity (Wildman–Crippen MR) is 106 cm³/mol. The number of nitrogens with zero attached hydrogens (tertiary/aromatic N) is 2. The van der Waals surface area contributed by atoms with Gasteiger partial charge < -0.3 is 24.5 Å². The zero-order chi connectivity index (χ0) is 19.4. The molecule has 0 amide bonds. The number of aromatic amines is 1. The van der Waals surface area contributed by atoms with Gasteiger partial charge >= 0.3 is 5.97 Å². The lowest BCUT2D eigenvalue weighted by Crippen LogP contribution is -2.37. The SMILES string of the molecule is COc1nc(N2C[C@@H]3C[C@H]2CO3)ccc1-c1cc2c(C(=O)O)c[nH]c2cc1Cl. The fraction of sp³-hybridized carbons (Fsp3) is 0.300. The van der Waals surface area contributed by atoms with E-state index in [1.807, 2.05) is 12.1 Å². The minimum absolute atomic E-state index is 0.199. The number of nitrogens with one attached hydrogen (secondary N) is 1. The van der Waals surface area contributed by atoms with Crippen molar-refractivity contribution in [1.29, 1.82) is 0 Å². The van der Waals surface area contributed by atoms with Crippen LogP contribution in [0.25, 0.3) is 22.0 Å². The Labute approximate surface area is 165 Å². The number of hydrogen-bond donors (Lipinski definition) is 2. The Morgan fingerprint density at radius 2 is 2.25 bits per heavy atom. The van der Waals surface area contributed by atoms with Crippen LogP contribution in [0.3, 0.4) is 0 Å². The van der Waals surface area contributed by atoms with E-state index >= 15 is 0 Å². The summed E-state index contributed by atoms with van der Waals surface area (Å²) in [5.74, 6) is 0.308. The standard InChI is InChI=1S/C20H18ClN3O4/c1-27-19-12(2-3-18(23-19)24-8-11-4-10(24)9-28-11)13-5-14-15(20(25)26)7-22-17(14)6-16(13)21/h2-3,5-7,10-11,22H,4,8-9H2,1H3,(H,25,26)/t10-,11-/m0/s1. The number of hydrogen-bond acceptors (Lipinski definition) is 5. The zero-order valence-electron chi connectivity index (χ0n) is 15.1. The average Bonchev–Trinajstić information content (AvgIpc) is 3.42. The first-order valence-corrected chi connectivity index (χ1v) is 9.40. The van der Waals surface area contributed by atoms with E-state index in [0.29, 0.717) is 33.4 Å². The minimum atomic E-state index is -0.994. The van der Waals surface area contributed by atoms with Crippen LogP contribution in [-0.2, 0) is 4.74 Å². The van der Waals surface area contributed by atoms with Gasteiger partial charge in [-0.2, -0.15) is 4.98 Å². The number of rotatable bonds is 4. The van der Waals surface area contributed by atoms with E-state index in [9.17, 15) is 9.90 Å². The summed E-state index contributed by atoms with van der Waals surface area (Å²) >= 11 is 6.50. The number of carboxylic acid groups (broad SMARTS) is 1. The van der Waals surface area contributed by atoms with Crippen molar-refractivity contribution in [2.45, 2.75) is 18.6 Å². The molecule has 2 aliphatic rings. The fourth-order valence-corrected chi connectivity index (χ4v) is 4.42. The zero-order valence-corrected chi connectivity index (χ0v) is 15.9. The van der Waals surface area contributed by atoms with Gasteiger partial charge in [0, 0.05) is 34.8 Å². The molecule has 144 valence electrons. The lowest BCUT2D eigenvalue weighted by Gasteiger charge is -2.28. The van der Waals surface area contributed by atoms with E-state index in [1.54, 1.807) is 19.2 Å². The molecule has 2 fully saturated rings. The second-order valence-corrected chi connectivity index (χ2v) is 7.52. The van der Waals surface area contributed by atoms with Gasteiger partial charge in [0.1, 0.15) is 5.82 Å². The quantitative estimate of drug-likeness (QED) is 0.697. The highest BCUT2D eigenvalue weighted by atomic mass is 35.5. The van der Waals surface area contributed by atoms with Crippen LogP contribution < -0.4 is 9.64 Å². The fourth-order valence-electron chi connectivity index (χ4n) is 4.16. The summed E-state index contributed by atoms with van der Waals surface area (Å²) in [5.41, 5.74) is 2.27. The van der Waals surface area contributed by atoms with Gasteiger partial charge in [0.05, 0.1) is 36.4 Å². The van der Waals surface area contributed by atoms with Crippen LogP contribution in [0.2, 0.25) is 5.02 Å². The molecule has 0 aliphatic carbocycles. The van der Waals surface area contributed by atoms with Crippen molar-refractivity contribution in [1.82, 2.24) is 9.97 Å². The van der Waals surface area contributed by atoms with Crippen molar-refractivity contribution in [2.75, 3.05) is 25.2 Å². The largest absolute Gasteiger partial charge is 0.480 e. The van der Waals surface area contributed by atoms with E-state index in [4.69, 9.17) is 26.1 Å². The van der Waals surface area contributed by atoms with Crippen LogP contribution in [0.1, 0.15) is 16.8 Å². The van der Waals surface area contributed by atoms with Gasteiger partial charge in [-0.15, -0.1) is 0 Å². The summed E-state index contributed by atoms with van der Waals surface area (Å²) in [6.45, 7) is 1.56. The summed E-state index contributed by atoms with van der Waals surface area (Å²) in [6, 6.07) is 7.72. The highest BCUT2D eigenvalue weighted by Crippen LogP contribution is 2.39. The van der Waals surface area contributed by atoms with Crippen LogP contribution in [0.5, 0.6) is 5.88 Å². The van der Waals surface area contributed by atoms with E-state index in [1.165, 1.54) is 6.20 Å². The molecule has 4 heterocycles. The number of anilines is 1. The molecule has 1 aromatic carbocycles. The van der Waals surface area contributed by atoms with Crippen molar-refractivity contribution >= 4 is 34.3 Å². The number of H-pyrrole nitrogens is 1. The topological polar surface area (TPSA) is 87.7 Å². The smallest absolute Gasteiger partial charge is 0.337 e. The molecule has 5 rings (SSSR count). The number of fused-ring (bicyclic) bond motifs is 3. The van der Waals surface area contributed by atoms with Gasteiger partial charge in [-0.05, 0) is 30.7 Å². The second kappa shape index (κ2) is 6.39. The molecular formula is C20H18ClN3O4. The van der Waals surface area contributed by atoms with E-state index in [2.05, 4.69) is 9.88 Å². The van der Waals surface area contributed by atoms with E-state index in [0.717, 1.165) is 31.0 Å². The molecule has 8 heteroatoms. The van der Waals surface area contributed by atoms with Crippen LogP contribution >= 0.6 is 11.6 Å². The maximum absolute atomic E-state index is 11.5. The van der Waals surface area contributed by atoms with Crippen LogP contribution in [-0.4, -0.2) is 53.5 Å². The number of benzene rings is 1. The third-order valence-corrected chi connectivity index (χ3v) is 5.84. The molecular weight excluding hydrogens is 382 g/mol. The number of carboxylic acids is 1. The van der Waals surface area contributed by atoms with E-state index < -0.39 is 5.97 Å². The minimum Gasteiger partial charge on any atom is -0.480 e. The van der Waals surface area contributed by atoms with Crippen molar-refractivity contribution in [2.24, 2.45) is 0 Å². The molecule has 2 N–H and O–H groups in total. The molecule has 2 aliphatic heterocycles. The van der Waals surface area contributed by atoms with Crippen LogP contribution in [0, 0.1) is 0 Å². The van der Waals surface area contributed by atoms with Gasteiger partial charge in [-0.1, -0.05) is 11.6 Å². The lowest BCUT2D eigenvalue weighted by atomic mass is 10.0. The number of methoxy groups -OCH3 is 1. The Balaban J connectivity index is 1.60. The molecule has 0 saturated carbocycles.